The van der Waals surface area contributed by atoms with E-state index in [0.29, 0.717) is 30.9 Å². The van der Waals surface area contributed by atoms with E-state index in [9.17, 15) is 4.79 Å². The van der Waals surface area contributed by atoms with E-state index < -0.39 is 0 Å². The molecule has 1 saturated carbocycles. The Labute approximate surface area is 164 Å². The van der Waals surface area contributed by atoms with Crippen LogP contribution in [0.1, 0.15) is 57.4 Å². The molecular weight excluding hydrogens is 358 g/mol. The van der Waals surface area contributed by atoms with E-state index in [4.69, 9.17) is 9.84 Å². The first-order valence-electron chi connectivity index (χ1n) is 9.66. The number of carbonyl (C=O) groups excluding carboxylic acids is 1. The summed E-state index contributed by atoms with van der Waals surface area (Å²) in [5.41, 5.74) is 4.22. The Bertz CT molecular complexity index is 853. The van der Waals surface area contributed by atoms with Gasteiger partial charge in [-0.05, 0) is 59.4 Å². The molecule has 1 heterocycles. The number of carbonyl (C=O) groups is 1. The largest absolute Gasteiger partial charge is 0.494 e. The van der Waals surface area contributed by atoms with Crippen molar-refractivity contribution < 1.29 is 14.6 Å². The fraction of sp³-hybridized carbons (Fsp3) is 0.500. The van der Waals surface area contributed by atoms with Crippen molar-refractivity contribution in [3.8, 4) is 5.75 Å². The Morgan fingerprint density at radius 2 is 2.07 bits per heavy atom. The third kappa shape index (κ3) is 3.27. The molecule has 144 valence electrons. The summed E-state index contributed by atoms with van der Waals surface area (Å²) in [6.45, 7) is 8.01. The molecule has 27 heavy (non-hydrogen) atoms. The van der Waals surface area contributed by atoms with E-state index >= 15 is 0 Å². The number of nitrogens with one attached hydrogen (secondary N) is 1. The third-order valence-electron chi connectivity index (χ3n) is 6.17. The van der Waals surface area contributed by atoms with Crippen LogP contribution in [0.2, 0.25) is 0 Å². The molecule has 2 N–H and O–H groups in total. The average Bonchev–Trinajstić information content (AvgIpc) is 2.97. The summed E-state index contributed by atoms with van der Waals surface area (Å²) in [5, 5.41) is 11.9. The molecule has 1 unspecified atom stereocenters. The van der Waals surface area contributed by atoms with E-state index in [1.807, 2.05) is 24.3 Å². The topological polar surface area (TPSA) is 58.6 Å². The number of aryl methyl sites for hydroxylation is 1. The van der Waals surface area contributed by atoms with Crippen LogP contribution in [0, 0.1) is 18.3 Å². The quantitative estimate of drug-likeness (QED) is 0.707. The minimum atomic E-state index is 0.0479. The summed E-state index contributed by atoms with van der Waals surface area (Å²) in [4.78, 5) is 15.0. The van der Waals surface area contributed by atoms with Crippen molar-refractivity contribution in [1.29, 1.82) is 0 Å². The number of amides is 1. The Balaban J connectivity index is 1.37. The van der Waals surface area contributed by atoms with Gasteiger partial charge < -0.3 is 15.2 Å². The first-order valence-corrected chi connectivity index (χ1v) is 10.5. The summed E-state index contributed by atoms with van der Waals surface area (Å²) in [6, 6.07) is 7.75. The van der Waals surface area contributed by atoms with Crippen LogP contribution in [0.4, 0.5) is 0 Å². The van der Waals surface area contributed by atoms with Crippen molar-refractivity contribution in [1.82, 2.24) is 5.32 Å². The third-order valence-corrected chi connectivity index (χ3v) is 7.34. The van der Waals surface area contributed by atoms with Gasteiger partial charge in [0.05, 0.1) is 11.5 Å². The van der Waals surface area contributed by atoms with Crippen molar-refractivity contribution in [2.75, 3.05) is 13.2 Å². The maximum absolute atomic E-state index is 12.8. The molecule has 2 aromatic rings. The monoisotopic (exact) mass is 385 g/mol. The van der Waals surface area contributed by atoms with Gasteiger partial charge >= 0.3 is 0 Å². The van der Waals surface area contributed by atoms with Crippen LogP contribution in [0.25, 0.3) is 0 Å². The molecule has 4 rings (SSSR count). The van der Waals surface area contributed by atoms with Gasteiger partial charge in [0.2, 0.25) is 0 Å². The van der Waals surface area contributed by atoms with Gasteiger partial charge in [-0.25, -0.2) is 0 Å². The number of rotatable bonds is 7. The number of hydrogen-bond donors (Lipinski definition) is 2. The highest BCUT2D eigenvalue weighted by Gasteiger charge is 2.63. The predicted molar refractivity (Wildman–Crippen MR) is 108 cm³/mol. The van der Waals surface area contributed by atoms with E-state index in [1.54, 1.807) is 11.3 Å². The number of benzene rings is 1. The normalized spacial score (nSPS) is 21.5. The second-order valence-corrected chi connectivity index (χ2v) is 9.47. The first kappa shape index (κ1) is 18.5. The number of aliphatic hydroxyl groups is 1. The van der Waals surface area contributed by atoms with Gasteiger partial charge in [0.1, 0.15) is 5.75 Å². The van der Waals surface area contributed by atoms with E-state index in [1.165, 1.54) is 16.0 Å². The lowest BCUT2D eigenvalue weighted by Crippen LogP contribution is -2.23. The van der Waals surface area contributed by atoms with E-state index in [-0.39, 0.29) is 12.5 Å². The van der Waals surface area contributed by atoms with Gasteiger partial charge in [0.15, 0.2) is 0 Å². The lowest BCUT2D eigenvalue weighted by atomic mass is 9.95. The summed E-state index contributed by atoms with van der Waals surface area (Å²) in [6.07, 6.45) is 1.68. The summed E-state index contributed by atoms with van der Waals surface area (Å²) >= 11 is 1.65. The number of aliphatic hydroxyl groups excluding tert-OH is 1. The van der Waals surface area contributed by atoms with Gasteiger partial charge in [-0.1, -0.05) is 26.0 Å². The van der Waals surface area contributed by atoms with Crippen LogP contribution in [0.3, 0.4) is 0 Å². The molecule has 1 aromatic carbocycles. The van der Waals surface area contributed by atoms with Crippen LogP contribution >= 0.6 is 11.3 Å². The molecule has 0 saturated heterocycles. The van der Waals surface area contributed by atoms with Crippen LogP contribution in [-0.2, 0) is 13.0 Å². The molecule has 2 atom stereocenters. The molecule has 4 nitrogen and oxygen atoms in total. The predicted octanol–water partition coefficient (Wildman–Crippen LogP) is 4.04. The van der Waals surface area contributed by atoms with Crippen LogP contribution in [-0.4, -0.2) is 24.2 Å². The van der Waals surface area contributed by atoms with Gasteiger partial charge in [0.25, 0.3) is 5.91 Å². The highest BCUT2D eigenvalue weighted by Crippen LogP contribution is 2.71. The van der Waals surface area contributed by atoms with Gasteiger partial charge in [-0.2, -0.15) is 0 Å². The fourth-order valence-electron chi connectivity index (χ4n) is 4.54. The van der Waals surface area contributed by atoms with Crippen molar-refractivity contribution in [3.63, 3.8) is 0 Å². The van der Waals surface area contributed by atoms with E-state index in [0.717, 1.165) is 28.5 Å². The maximum atomic E-state index is 12.8. The maximum Gasteiger partial charge on any atom is 0.261 e. The highest BCUT2D eigenvalue weighted by molar-refractivity contribution is 7.14. The number of ether oxygens (including phenoxy) is 1. The molecule has 1 aromatic heterocycles. The molecule has 2 aliphatic carbocycles. The fourth-order valence-corrected chi connectivity index (χ4v) is 5.68. The lowest BCUT2D eigenvalue weighted by Gasteiger charge is -2.10. The number of hydrogen-bond acceptors (Lipinski definition) is 4. The zero-order chi connectivity index (χ0) is 19.2. The van der Waals surface area contributed by atoms with Crippen LogP contribution < -0.4 is 10.1 Å². The Morgan fingerprint density at radius 3 is 2.78 bits per heavy atom. The standard InChI is InChI=1S/C22H27NO3S/c1-13-18-16(11-17-19(18)22(17,2)3)20(27-13)21(25)23-12-14-5-7-15(8-6-14)26-10-4-9-24/h5-8,17,19,24H,4,9-12H2,1-3H3,(H,23,25)/t17?,19-/m1/s1. The summed E-state index contributed by atoms with van der Waals surface area (Å²) in [5.74, 6) is 2.21. The zero-order valence-corrected chi connectivity index (χ0v) is 17.0. The smallest absolute Gasteiger partial charge is 0.261 e. The molecule has 2 aliphatic rings. The summed E-state index contributed by atoms with van der Waals surface area (Å²) < 4.78 is 5.53. The van der Waals surface area contributed by atoms with Gasteiger partial charge in [-0.15, -0.1) is 11.3 Å². The number of fused-ring (bicyclic) bond motifs is 3. The highest BCUT2D eigenvalue weighted by atomic mass is 32.1. The molecule has 0 radical (unpaired) electrons. The second kappa shape index (κ2) is 6.95. The Morgan fingerprint density at radius 1 is 1.33 bits per heavy atom. The van der Waals surface area contributed by atoms with Crippen LogP contribution in [0.15, 0.2) is 24.3 Å². The van der Waals surface area contributed by atoms with Crippen LogP contribution in [0.5, 0.6) is 5.75 Å². The molecule has 1 amide bonds. The SMILES string of the molecule is Cc1sc(C(=O)NCc2ccc(OCCCO)cc2)c2c1[C@H]1C(C2)C1(C)C. The lowest BCUT2D eigenvalue weighted by molar-refractivity contribution is 0.0954. The second-order valence-electron chi connectivity index (χ2n) is 8.24. The zero-order valence-electron chi connectivity index (χ0n) is 16.2. The first-order chi connectivity index (χ1) is 12.9. The molecule has 0 aliphatic heterocycles. The Kier molecular flexibility index (Phi) is 4.77. The molecule has 1 fully saturated rings. The van der Waals surface area contributed by atoms with Crippen molar-refractivity contribution in [3.05, 3.63) is 50.7 Å². The molecular formula is C22H27NO3S. The molecule has 5 heteroatoms. The minimum absolute atomic E-state index is 0.0479. The van der Waals surface area contributed by atoms with Gasteiger partial charge in [0, 0.05) is 24.4 Å². The molecule has 0 bridgehead atoms. The van der Waals surface area contributed by atoms with Crippen molar-refractivity contribution >= 4 is 17.2 Å². The van der Waals surface area contributed by atoms with Gasteiger partial charge in [-0.3, -0.25) is 4.79 Å². The molecule has 0 spiro atoms. The average molecular weight is 386 g/mol. The van der Waals surface area contributed by atoms with Crippen molar-refractivity contribution in [2.24, 2.45) is 11.3 Å². The van der Waals surface area contributed by atoms with Crippen molar-refractivity contribution in [2.45, 2.75) is 46.1 Å². The Hall–Kier alpha value is -1.85. The minimum Gasteiger partial charge on any atom is -0.494 e. The van der Waals surface area contributed by atoms with E-state index in [2.05, 4.69) is 26.1 Å². The summed E-state index contributed by atoms with van der Waals surface area (Å²) in [7, 11) is 0. The number of thiophene rings is 1.